The molecular formula is C14H18N4O3. The van der Waals surface area contributed by atoms with Gasteiger partial charge in [0.15, 0.2) is 11.5 Å². The average Bonchev–Trinajstić information content (AvgIpc) is 2.62. The summed E-state index contributed by atoms with van der Waals surface area (Å²) in [5, 5.41) is 8.22. The molecule has 0 aromatic heterocycles. The summed E-state index contributed by atoms with van der Waals surface area (Å²) in [5.74, 6) is 5.42. The summed E-state index contributed by atoms with van der Waals surface area (Å²) in [4.78, 5) is 12.1. The van der Waals surface area contributed by atoms with Crippen LogP contribution < -0.4 is 20.7 Å². The van der Waals surface area contributed by atoms with Gasteiger partial charge in [0, 0.05) is 5.56 Å². The molecule has 1 aromatic carbocycles. The number of nitrogens with one attached hydrogen (secondary N) is 1. The smallest absolute Gasteiger partial charge is 0.247 e. The molecule has 2 rings (SSSR count). The molecule has 1 heterocycles. The fraction of sp³-hybridized carbons (Fsp3) is 0.357. The summed E-state index contributed by atoms with van der Waals surface area (Å²) < 4.78 is 10.6. The lowest BCUT2D eigenvalue weighted by Crippen LogP contribution is -2.37. The van der Waals surface area contributed by atoms with E-state index in [1.807, 2.05) is 6.92 Å². The van der Waals surface area contributed by atoms with Crippen molar-refractivity contribution in [2.24, 2.45) is 16.0 Å². The number of methoxy groups -OCH3 is 2. The van der Waals surface area contributed by atoms with E-state index in [1.165, 1.54) is 0 Å². The Morgan fingerprint density at radius 2 is 1.81 bits per heavy atom. The average molecular weight is 290 g/mol. The van der Waals surface area contributed by atoms with Crippen molar-refractivity contribution in [1.29, 1.82) is 0 Å². The van der Waals surface area contributed by atoms with Crippen LogP contribution in [0.2, 0.25) is 0 Å². The van der Waals surface area contributed by atoms with Crippen LogP contribution in [-0.2, 0) is 4.79 Å². The third-order valence-electron chi connectivity index (χ3n) is 3.44. The largest absolute Gasteiger partial charge is 0.493 e. The fourth-order valence-electron chi connectivity index (χ4n) is 2.35. The number of hydrogen-bond acceptors (Lipinski definition) is 6. The van der Waals surface area contributed by atoms with E-state index in [0.717, 1.165) is 11.1 Å². The lowest BCUT2D eigenvalue weighted by Gasteiger charge is -2.19. The molecule has 1 unspecified atom stereocenters. The molecule has 1 atom stereocenters. The van der Waals surface area contributed by atoms with Crippen LogP contribution in [0.15, 0.2) is 22.3 Å². The van der Waals surface area contributed by atoms with Crippen LogP contribution in [0.25, 0.3) is 0 Å². The Morgan fingerprint density at radius 3 is 2.38 bits per heavy atom. The number of fused-ring (bicyclic) bond motifs is 1. The summed E-state index contributed by atoms with van der Waals surface area (Å²) in [6, 6.07) is 3.55. The van der Waals surface area contributed by atoms with E-state index >= 15 is 0 Å². The molecule has 0 spiro atoms. The molecule has 7 heteroatoms. The van der Waals surface area contributed by atoms with E-state index in [1.54, 1.807) is 33.3 Å². The van der Waals surface area contributed by atoms with Crippen molar-refractivity contribution >= 4 is 17.3 Å². The summed E-state index contributed by atoms with van der Waals surface area (Å²) in [6.07, 6.45) is 0. The maximum atomic E-state index is 12.1. The normalized spacial score (nSPS) is 17.1. The second-order valence-corrected chi connectivity index (χ2v) is 4.66. The standard InChI is InChI=1S/C14H18N4O3/c1-7-9-5-11(20-3)12(21-4)6-10(9)13(14(19)16-15)8(2)18-17-7/h5-6,13H,15H2,1-4H3,(H,16,19). The lowest BCUT2D eigenvalue weighted by atomic mass is 9.88. The summed E-state index contributed by atoms with van der Waals surface area (Å²) in [7, 11) is 3.10. The highest BCUT2D eigenvalue weighted by Crippen LogP contribution is 2.36. The molecule has 0 radical (unpaired) electrons. The number of nitrogens with zero attached hydrogens (tertiary/aromatic N) is 2. The number of carbonyl (C=O) groups excluding carboxylic acids is 1. The summed E-state index contributed by atoms with van der Waals surface area (Å²) in [6.45, 7) is 3.56. The van der Waals surface area contributed by atoms with E-state index in [-0.39, 0.29) is 5.91 Å². The van der Waals surface area contributed by atoms with Gasteiger partial charge in [0.05, 0.1) is 25.6 Å². The van der Waals surface area contributed by atoms with Crippen molar-refractivity contribution in [3.63, 3.8) is 0 Å². The summed E-state index contributed by atoms with van der Waals surface area (Å²) in [5.41, 5.74) is 4.93. The zero-order valence-electron chi connectivity index (χ0n) is 12.4. The first-order valence-electron chi connectivity index (χ1n) is 6.39. The van der Waals surface area contributed by atoms with Crippen molar-refractivity contribution in [2.75, 3.05) is 14.2 Å². The zero-order chi connectivity index (χ0) is 15.6. The Morgan fingerprint density at radius 1 is 1.19 bits per heavy atom. The number of amides is 1. The third-order valence-corrected chi connectivity index (χ3v) is 3.44. The second kappa shape index (κ2) is 5.92. The van der Waals surface area contributed by atoms with Gasteiger partial charge < -0.3 is 9.47 Å². The monoisotopic (exact) mass is 290 g/mol. The number of hydrogen-bond donors (Lipinski definition) is 2. The Balaban J connectivity index is 2.72. The van der Waals surface area contributed by atoms with Gasteiger partial charge >= 0.3 is 0 Å². The van der Waals surface area contributed by atoms with Gasteiger partial charge in [-0.05, 0) is 31.5 Å². The minimum Gasteiger partial charge on any atom is -0.493 e. The first-order chi connectivity index (χ1) is 10.0. The first kappa shape index (κ1) is 15.0. The Kier molecular flexibility index (Phi) is 4.23. The van der Waals surface area contributed by atoms with Gasteiger partial charge in [0.25, 0.3) is 0 Å². The fourth-order valence-corrected chi connectivity index (χ4v) is 2.35. The topological polar surface area (TPSA) is 98.3 Å². The second-order valence-electron chi connectivity index (χ2n) is 4.66. The molecule has 1 aliphatic heterocycles. The van der Waals surface area contributed by atoms with Crippen LogP contribution in [0, 0.1) is 0 Å². The number of carbonyl (C=O) groups is 1. The van der Waals surface area contributed by atoms with Crippen molar-refractivity contribution in [1.82, 2.24) is 5.43 Å². The van der Waals surface area contributed by atoms with Gasteiger partial charge in [0.1, 0.15) is 5.92 Å². The van der Waals surface area contributed by atoms with Crippen LogP contribution in [-0.4, -0.2) is 31.6 Å². The number of benzene rings is 1. The van der Waals surface area contributed by atoms with E-state index in [0.29, 0.717) is 22.9 Å². The molecule has 1 amide bonds. The van der Waals surface area contributed by atoms with Gasteiger partial charge in [-0.1, -0.05) is 0 Å². The quantitative estimate of drug-likeness (QED) is 0.492. The Labute approximate surface area is 122 Å². The van der Waals surface area contributed by atoms with Crippen LogP contribution in [0.1, 0.15) is 30.9 Å². The molecule has 3 N–H and O–H groups in total. The van der Waals surface area contributed by atoms with E-state index in [9.17, 15) is 4.79 Å². The molecule has 7 nitrogen and oxygen atoms in total. The SMILES string of the molecule is COc1cc2c(cc1OC)C(C(=O)NN)C(C)=NN=C2C. The molecular weight excluding hydrogens is 272 g/mol. The van der Waals surface area contributed by atoms with Gasteiger partial charge in [-0.15, -0.1) is 0 Å². The molecule has 0 saturated heterocycles. The van der Waals surface area contributed by atoms with Crippen LogP contribution in [0.4, 0.5) is 0 Å². The van der Waals surface area contributed by atoms with Crippen LogP contribution >= 0.6 is 0 Å². The Bertz CT molecular complexity index is 637. The molecule has 21 heavy (non-hydrogen) atoms. The predicted molar refractivity (Wildman–Crippen MR) is 79.9 cm³/mol. The van der Waals surface area contributed by atoms with Crippen LogP contribution in [0.3, 0.4) is 0 Å². The highest BCUT2D eigenvalue weighted by Gasteiger charge is 2.30. The minimum atomic E-state index is -0.619. The molecule has 0 saturated carbocycles. The van der Waals surface area contributed by atoms with E-state index in [4.69, 9.17) is 15.3 Å². The molecule has 1 aliphatic rings. The summed E-state index contributed by atoms with van der Waals surface area (Å²) >= 11 is 0. The molecule has 1 aromatic rings. The number of nitrogens with two attached hydrogens (primary N) is 1. The number of ether oxygens (including phenoxy) is 2. The predicted octanol–water partition coefficient (Wildman–Crippen LogP) is 0.976. The molecule has 0 bridgehead atoms. The Hall–Kier alpha value is -2.41. The highest BCUT2D eigenvalue weighted by atomic mass is 16.5. The van der Waals surface area contributed by atoms with E-state index < -0.39 is 5.92 Å². The highest BCUT2D eigenvalue weighted by molar-refractivity contribution is 6.13. The van der Waals surface area contributed by atoms with Gasteiger partial charge in [-0.3, -0.25) is 10.2 Å². The first-order valence-corrected chi connectivity index (χ1v) is 6.39. The molecule has 112 valence electrons. The van der Waals surface area contributed by atoms with Crippen molar-refractivity contribution in [2.45, 2.75) is 19.8 Å². The van der Waals surface area contributed by atoms with Gasteiger partial charge in [-0.2, -0.15) is 10.2 Å². The van der Waals surface area contributed by atoms with Crippen LogP contribution in [0.5, 0.6) is 11.5 Å². The zero-order valence-corrected chi connectivity index (χ0v) is 12.4. The third kappa shape index (κ3) is 2.59. The van der Waals surface area contributed by atoms with Gasteiger partial charge in [-0.25, -0.2) is 5.84 Å². The maximum Gasteiger partial charge on any atom is 0.247 e. The van der Waals surface area contributed by atoms with Crippen molar-refractivity contribution in [3.05, 3.63) is 23.3 Å². The minimum absolute atomic E-state index is 0.352. The number of rotatable bonds is 3. The van der Waals surface area contributed by atoms with Crippen molar-refractivity contribution in [3.8, 4) is 11.5 Å². The maximum absolute atomic E-state index is 12.1. The molecule has 0 aliphatic carbocycles. The number of hydrazine groups is 1. The van der Waals surface area contributed by atoms with E-state index in [2.05, 4.69) is 15.6 Å². The lowest BCUT2D eigenvalue weighted by molar-refractivity contribution is -0.121. The van der Waals surface area contributed by atoms with Crippen molar-refractivity contribution < 1.29 is 14.3 Å². The molecule has 0 fully saturated rings. The van der Waals surface area contributed by atoms with Gasteiger partial charge in [0.2, 0.25) is 5.91 Å².